The predicted molar refractivity (Wildman–Crippen MR) is 107 cm³/mol. The Morgan fingerprint density at radius 1 is 1.24 bits per heavy atom. The molecule has 0 radical (unpaired) electrons. The highest BCUT2D eigenvalue weighted by molar-refractivity contribution is 7.89. The summed E-state index contributed by atoms with van der Waals surface area (Å²) < 4.78 is 40.2. The molecule has 2 aromatic heterocycles. The van der Waals surface area contributed by atoms with E-state index in [1.165, 1.54) is 17.5 Å². The van der Waals surface area contributed by atoms with Crippen LogP contribution >= 0.6 is 22.9 Å². The number of carbonyl (C=O) groups is 1. The van der Waals surface area contributed by atoms with E-state index in [-0.39, 0.29) is 28.7 Å². The quantitative estimate of drug-likeness (QED) is 0.524. The summed E-state index contributed by atoms with van der Waals surface area (Å²) in [5, 5.41) is 9.25. The molecule has 0 spiro atoms. The molecule has 0 bridgehead atoms. The fraction of sp³-hybridized carbons (Fsp3) is 0.222. The third-order valence-electron chi connectivity index (χ3n) is 3.91. The number of pyridine rings is 1. The second-order valence-corrected chi connectivity index (χ2v) is 9.53. The van der Waals surface area contributed by atoms with Crippen LogP contribution in [0.4, 0.5) is 4.39 Å². The van der Waals surface area contributed by atoms with Gasteiger partial charge in [-0.2, -0.15) is 0 Å². The van der Waals surface area contributed by atoms with Crippen LogP contribution in [0, 0.1) is 12.7 Å². The zero-order valence-electron chi connectivity index (χ0n) is 15.2. The Morgan fingerprint density at radius 3 is 2.66 bits per heavy atom. The van der Waals surface area contributed by atoms with Gasteiger partial charge in [-0.15, -0.1) is 21.5 Å². The van der Waals surface area contributed by atoms with E-state index in [0.29, 0.717) is 17.7 Å². The van der Waals surface area contributed by atoms with Crippen molar-refractivity contribution in [1.29, 1.82) is 0 Å². The van der Waals surface area contributed by atoms with Crippen LogP contribution in [0.15, 0.2) is 41.4 Å². The predicted octanol–water partition coefficient (Wildman–Crippen LogP) is 3.33. The number of ketones is 1. The van der Waals surface area contributed by atoms with Crippen molar-refractivity contribution in [2.45, 2.75) is 31.2 Å². The van der Waals surface area contributed by atoms with E-state index in [1.807, 2.05) is 6.92 Å². The topological polar surface area (TPSA) is 102 Å². The van der Waals surface area contributed by atoms with Crippen molar-refractivity contribution in [3.63, 3.8) is 0 Å². The SMILES string of the molecule is Cc1nnc(CCC(=O)c2ccc(CNS(=O)(=O)c3ccc(F)c(Cl)c3)cn2)s1. The number of aromatic nitrogens is 3. The number of nitrogens with one attached hydrogen (secondary N) is 1. The van der Waals surface area contributed by atoms with Gasteiger partial charge in [0.25, 0.3) is 0 Å². The van der Waals surface area contributed by atoms with Crippen LogP contribution in [0.25, 0.3) is 0 Å². The minimum Gasteiger partial charge on any atom is -0.292 e. The first-order chi connectivity index (χ1) is 13.7. The maximum absolute atomic E-state index is 13.2. The Hall–Kier alpha value is -2.27. The average Bonchev–Trinajstić information content (AvgIpc) is 3.12. The first-order valence-electron chi connectivity index (χ1n) is 8.46. The summed E-state index contributed by atoms with van der Waals surface area (Å²) in [7, 11) is -3.87. The van der Waals surface area contributed by atoms with Crippen molar-refractivity contribution >= 4 is 38.7 Å². The lowest BCUT2D eigenvalue weighted by molar-refractivity contribution is 0.0978. The van der Waals surface area contributed by atoms with E-state index in [4.69, 9.17) is 11.6 Å². The third-order valence-corrected chi connectivity index (χ3v) is 6.50. The molecule has 3 rings (SSSR count). The van der Waals surface area contributed by atoms with Gasteiger partial charge < -0.3 is 0 Å². The van der Waals surface area contributed by atoms with E-state index in [2.05, 4.69) is 19.9 Å². The molecule has 2 heterocycles. The highest BCUT2D eigenvalue weighted by Gasteiger charge is 2.16. The fourth-order valence-electron chi connectivity index (χ4n) is 2.39. The van der Waals surface area contributed by atoms with Gasteiger partial charge in [-0.3, -0.25) is 9.78 Å². The molecule has 0 fully saturated rings. The van der Waals surface area contributed by atoms with E-state index in [0.717, 1.165) is 28.2 Å². The Bertz CT molecular complexity index is 1130. The molecule has 0 saturated heterocycles. The zero-order valence-corrected chi connectivity index (χ0v) is 17.6. The lowest BCUT2D eigenvalue weighted by Gasteiger charge is -2.08. The lowest BCUT2D eigenvalue weighted by Crippen LogP contribution is -2.23. The van der Waals surface area contributed by atoms with E-state index in [1.54, 1.807) is 12.1 Å². The van der Waals surface area contributed by atoms with E-state index in [9.17, 15) is 17.6 Å². The molecule has 3 aromatic rings. The van der Waals surface area contributed by atoms with Gasteiger partial charge in [-0.05, 0) is 36.8 Å². The Labute approximate surface area is 176 Å². The number of nitrogens with zero attached hydrogens (tertiary/aromatic N) is 3. The highest BCUT2D eigenvalue weighted by atomic mass is 35.5. The Balaban J connectivity index is 1.58. The molecule has 0 aliphatic carbocycles. The van der Waals surface area contributed by atoms with E-state index < -0.39 is 15.8 Å². The van der Waals surface area contributed by atoms with Gasteiger partial charge in [0.1, 0.15) is 21.5 Å². The van der Waals surface area contributed by atoms with Crippen LogP contribution in [0.5, 0.6) is 0 Å². The minimum absolute atomic E-state index is 0.0388. The number of Topliss-reactive ketones (excluding diaryl/α,β-unsaturated/α-hetero) is 1. The van der Waals surface area contributed by atoms with Crippen molar-refractivity contribution in [3.8, 4) is 0 Å². The number of rotatable bonds is 8. The number of hydrogen-bond acceptors (Lipinski definition) is 7. The molecule has 0 saturated carbocycles. The molecule has 0 amide bonds. The van der Waals surface area contributed by atoms with E-state index >= 15 is 0 Å². The van der Waals surface area contributed by atoms with Crippen molar-refractivity contribution in [3.05, 3.63) is 68.6 Å². The molecular formula is C18H16ClFN4O3S2. The molecular weight excluding hydrogens is 439 g/mol. The van der Waals surface area contributed by atoms with Crippen LogP contribution in [0.1, 0.15) is 32.5 Å². The first-order valence-corrected chi connectivity index (χ1v) is 11.1. The molecule has 29 heavy (non-hydrogen) atoms. The molecule has 152 valence electrons. The van der Waals surface area contributed by atoms with Crippen LogP contribution < -0.4 is 4.72 Å². The smallest absolute Gasteiger partial charge is 0.240 e. The number of carbonyl (C=O) groups excluding carboxylic acids is 1. The van der Waals surface area contributed by atoms with Gasteiger partial charge in [0.2, 0.25) is 10.0 Å². The summed E-state index contributed by atoms with van der Waals surface area (Å²) in [6.45, 7) is 1.81. The summed E-state index contributed by atoms with van der Waals surface area (Å²) in [4.78, 5) is 16.2. The molecule has 7 nitrogen and oxygen atoms in total. The normalized spacial score (nSPS) is 11.6. The summed E-state index contributed by atoms with van der Waals surface area (Å²) in [6.07, 6.45) is 2.19. The molecule has 1 N–H and O–H groups in total. The summed E-state index contributed by atoms with van der Waals surface area (Å²) in [6, 6.07) is 6.32. The standard InChI is InChI=1S/C18H16ClFN4O3S2/c1-11-23-24-18(28-11)7-6-17(25)16-5-2-12(9-21-16)10-22-29(26,27)13-3-4-15(20)14(19)8-13/h2-5,8-9,22H,6-7,10H2,1H3. The Morgan fingerprint density at radius 2 is 2.03 bits per heavy atom. The summed E-state index contributed by atoms with van der Waals surface area (Å²) in [5.41, 5.74) is 0.862. The third kappa shape index (κ3) is 5.63. The molecule has 1 aromatic carbocycles. The van der Waals surface area contributed by atoms with Crippen molar-refractivity contribution in [1.82, 2.24) is 19.9 Å². The molecule has 0 aliphatic rings. The largest absolute Gasteiger partial charge is 0.292 e. The van der Waals surface area contributed by atoms with Gasteiger partial charge in [-0.1, -0.05) is 17.7 Å². The summed E-state index contributed by atoms with van der Waals surface area (Å²) in [5.74, 6) is -0.831. The molecule has 0 atom stereocenters. The van der Waals surface area contributed by atoms with Crippen LogP contribution in [-0.2, 0) is 23.0 Å². The number of benzene rings is 1. The van der Waals surface area contributed by atoms with Gasteiger partial charge in [0, 0.05) is 25.6 Å². The minimum atomic E-state index is -3.87. The first kappa shape index (κ1) is 21.4. The van der Waals surface area contributed by atoms with Crippen molar-refractivity contribution in [2.75, 3.05) is 0 Å². The summed E-state index contributed by atoms with van der Waals surface area (Å²) >= 11 is 7.08. The number of halogens is 2. The Kier molecular flexibility index (Phi) is 6.68. The second kappa shape index (κ2) is 9.04. The number of sulfonamides is 1. The van der Waals surface area contributed by atoms with Crippen molar-refractivity contribution < 1.29 is 17.6 Å². The molecule has 11 heteroatoms. The monoisotopic (exact) mass is 454 g/mol. The van der Waals surface area contributed by atoms with Gasteiger partial charge in [-0.25, -0.2) is 17.5 Å². The fourth-order valence-corrected chi connectivity index (χ4v) is 4.38. The van der Waals surface area contributed by atoms with Crippen molar-refractivity contribution in [2.24, 2.45) is 0 Å². The van der Waals surface area contributed by atoms with Crippen LogP contribution in [-0.4, -0.2) is 29.4 Å². The zero-order chi connectivity index (χ0) is 21.0. The maximum atomic E-state index is 13.2. The second-order valence-electron chi connectivity index (χ2n) is 6.09. The maximum Gasteiger partial charge on any atom is 0.240 e. The van der Waals surface area contributed by atoms with Gasteiger partial charge in [0.05, 0.1) is 9.92 Å². The molecule has 0 aliphatic heterocycles. The average molecular weight is 455 g/mol. The molecule has 0 unspecified atom stereocenters. The van der Waals surface area contributed by atoms with Crippen LogP contribution in [0.2, 0.25) is 5.02 Å². The number of aryl methyl sites for hydroxylation is 2. The lowest BCUT2D eigenvalue weighted by atomic mass is 10.1. The highest BCUT2D eigenvalue weighted by Crippen LogP contribution is 2.19. The number of hydrogen-bond donors (Lipinski definition) is 1. The van der Waals surface area contributed by atoms with Gasteiger partial charge in [0.15, 0.2) is 5.78 Å². The van der Waals surface area contributed by atoms with Crippen LogP contribution in [0.3, 0.4) is 0 Å². The van der Waals surface area contributed by atoms with Gasteiger partial charge >= 0.3 is 0 Å².